The highest BCUT2D eigenvalue weighted by molar-refractivity contribution is 7.99. The molecule has 0 aromatic carbocycles. The Balaban J connectivity index is 2.17. The van der Waals surface area contributed by atoms with Crippen molar-refractivity contribution in [2.45, 2.75) is 25.4 Å². The second kappa shape index (κ2) is 5.76. The van der Waals surface area contributed by atoms with Crippen LogP contribution >= 0.6 is 11.8 Å². The summed E-state index contributed by atoms with van der Waals surface area (Å²) in [4.78, 5) is 16.3. The Bertz CT molecular complexity index is 499. The Labute approximate surface area is 109 Å². The number of aromatic nitrogens is 6. The molecule has 0 aliphatic rings. The molecule has 18 heavy (non-hydrogen) atoms. The summed E-state index contributed by atoms with van der Waals surface area (Å²) in [5.41, 5.74) is 5.67. The van der Waals surface area contributed by atoms with Gasteiger partial charge in [0.1, 0.15) is 12.7 Å². The zero-order valence-electron chi connectivity index (χ0n) is 10.3. The molecule has 96 valence electrons. The molecule has 1 atom stereocenters. The molecule has 0 bridgehead atoms. The van der Waals surface area contributed by atoms with E-state index in [-0.39, 0.29) is 5.95 Å². The molecule has 0 aliphatic heterocycles. The Morgan fingerprint density at radius 3 is 2.89 bits per heavy atom. The quantitative estimate of drug-likeness (QED) is 0.811. The van der Waals surface area contributed by atoms with E-state index in [2.05, 4.69) is 38.9 Å². The summed E-state index contributed by atoms with van der Waals surface area (Å²) >= 11 is 1.57. The minimum Gasteiger partial charge on any atom is -0.368 e. The number of nitrogen functional groups attached to an aromatic ring is 1. The first kappa shape index (κ1) is 12.7. The third-order valence-corrected chi connectivity index (χ3v) is 3.61. The number of anilines is 1. The third kappa shape index (κ3) is 3.16. The third-order valence-electron chi connectivity index (χ3n) is 2.44. The molecule has 0 radical (unpaired) electrons. The number of thioether (sulfide) groups is 1. The summed E-state index contributed by atoms with van der Waals surface area (Å²) in [7, 11) is 0. The van der Waals surface area contributed by atoms with E-state index >= 15 is 0 Å². The van der Waals surface area contributed by atoms with Crippen LogP contribution in [0.2, 0.25) is 0 Å². The minimum absolute atomic E-state index is 0.196. The first-order chi connectivity index (χ1) is 8.69. The predicted octanol–water partition coefficient (Wildman–Crippen LogP) is 1.17. The summed E-state index contributed by atoms with van der Waals surface area (Å²) in [6, 6.07) is 0. The SMILES string of the molecule is CCC(C)CSc1nc(N)nc(-n2cncn2)n1. The van der Waals surface area contributed by atoms with Gasteiger partial charge in [-0.2, -0.15) is 24.7 Å². The summed E-state index contributed by atoms with van der Waals surface area (Å²) in [5.74, 6) is 2.16. The molecule has 2 heterocycles. The van der Waals surface area contributed by atoms with Gasteiger partial charge in [0.15, 0.2) is 5.16 Å². The number of nitrogens with zero attached hydrogens (tertiary/aromatic N) is 6. The number of hydrogen-bond donors (Lipinski definition) is 1. The summed E-state index contributed by atoms with van der Waals surface area (Å²) in [5, 5.41) is 4.59. The van der Waals surface area contributed by atoms with Gasteiger partial charge in [0, 0.05) is 5.75 Å². The fraction of sp³-hybridized carbons (Fsp3) is 0.500. The topological polar surface area (TPSA) is 95.4 Å². The van der Waals surface area contributed by atoms with E-state index in [1.54, 1.807) is 11.8 Å². The number of nitrogens with two attached hydrogens (primary N) is 1. The van der Waals surface area contributed by atoms with Crippen molar-refractivity contribution in [2.75, 3.05) is 11.5 Å². The molecule has 0 aliphatic carbocycles. The van der Waals surface area contributed by atoms with Gasteiger partial charge in [-0.3, -0.25) is 0 Å². The fourth-order valence-electron chi connectivity index (χ4n) is 1.17. The molecule has 0 fully saturated rings. The van der Waals surface area contributed by atoms with Crippen LogP contribution < -0.4 is 5.73 Å². The predicted molar refractivity (Wildman–Crippen MR) is 69.3 cm³/mol. The van der Waals surface area contributed by atoms with E-state index < -0.39 is 0 Å². The van der Waals surface area contributed by atoms with Gasteiger partial charge in [0.2, 0.25) is 5.95 Å². The van der Waals surface area contributed by atoms with Crippen LogP contribution in [0.3, 0.4) is 0 Å². The van der Waals surface area contributed by atoms with Gasteiger partial charge in [0.25, 0.3) is 5.95 Å². The molecule has 2 aromatic rings. The summed E-state index contributed by atoms with van der Waals surface area (Å²) in [6.45, 7) is 4.35. The van der Waals surface area contributed by atoms with E-state index in [1.165, 1.54) is 17.3 Å². The lowest BCUT2D eigenvalue weighted by Gasteiger charge is -2.07. The first-order valence-electron chi connectivity index (χ1n) is 5.68. The second-order valence-corrected chi connectivity index (χ2v) is 4.93. The van der Waals surface area contributed by atoms with Crippen LogP contribution in [0.25, 0.3) is 5.95 Å². The number of rotatable bonds is 5. The van der Waals surface area contributed by atoms with E-state index in [4.69, 9.17) is 5.73 Å². The summed E-state index contributed by atoms with van der Waals surface area (Å²) in [6.07, 6.45) is 4.08. The van der Waals surface area contributed by atoms with Gasteiger partial charge in [-0.25, -0.2) is 4.98 Å². The molecular formula is C10H15N7S. The van der Waals surface area contributed by atoms with Crippen LogP contribution in [-0.2, 0) is 0 Å². The molecular weight excluding hydrogens is 250 g/mol. The van der Waals surface area contributed by atoms with Gasteiger partial charge < -0.3 is 5.73 Å². The molecule has 0 saturated carbocycles. The maximum atomic E-state index is 5.67. The molecule has 0 amide bonds. The van der Waals surface area contributed by atoms with E-state index in [0.29, 0.717) is 17.0 Å². The molecule has 8 heteroatoms. The highest BCUT2D eigenvalue weighted by Crippen LogP contribution is 2.19. The minimum atomic E-state index is 0.196. The van der Waals surface area contributed by atoms with Crippen molar-refractivity contribution in [3.05, 3.63) is 12.7 Å². The second-order valence-electron chi connectivity index (χ2n) is 3.94. The summed E-state index contributed by atoms with van der Waals surface area (Å²) < 4.78 is 1.46. The van der Waals surface area contributed by atoms with Crippen LogP contribution in [0.5, 0.6) is 0 Å². The van der Waals surface area contributed by atoms with Gasteiger partial charge in [-0.15, -0.1) is 0 Å². The molecule has 0 spiro atoms. The van der Waals surface area contributed by atoms with Crippen molar-refractivity contribution in [3.63, 3.8) is 0 Å². The zero-order valence-corrected chi connectivity index (χ0v) is 11.1. The molecule has 2 N–H and O–H groups in total. The van der Waals surface area contributed by atoms with Crippen molar-refractivity contribution in [1.29, 1.82) is 0 Å². The Morgan fingerprint density at radius 2 is 2.22 bits per heavy atom. The van der Waals surface area contributed by atoms with E-state index in [1.807, 2.05) is 0 Å². The lowest BCUT2D eigenvalue weighted by molar-refractivity contribution is 0.635. The maximum Gasteiger partial charge on any atom is 0.257 e. The fourth-order valence-corrected chi connectivity index (χ4v) is 2.15. The van der Waals surface area contributed by atoms with E-state index in [9.17, 15) is 0 Å². The molecule has 2 aromatic heterocycles. The molecule has 2 rings (SSSR count). The molecule has 7 nitrogen and oxygen atoms in total. The van der Waals surface area contributed by atoms with Crippen molar-refractivity contribution in [3.8, 4) is 5.95 Å². The lowest BCUT2D eigenvalue weighted by atomic mass is 10.2. The van der Waals surface area contributed by atoms with Crippen LogP contribution in [0, 0.1) is 5.92 Å². The normalized spacial score (nSPS) is 12.6. The largest absolute Gasteiger partial charge is 0.368 e. The first-order valence-corrected chi connectivity index (χ1v) is 6.67. The van der Waals surface area contributed by atoms with Gasteiger partial charge in [0.05, 0.1) is 0 Å². The Hall–Kier alpha value is -1.70. The van der Waals surface area contributed by atoms with Gasteiger partial charge in [-0.05, 0) is 5.92 Å². The zero-order chi connectivity index (χ0) is 13.0. The van der Waals surface area contributed by atoms with Crippen LogP contribution in [0.15, 0.2) is 17.8 Å². The number of hydrogen-bond acceptors (Lipinski definition) is 7. The van der Waals surface area contributed by atoms with Gasteiger partial charge >= 0.3 is 0 Å². The highest BCUT2D eigenvalue weighted by Gasteiger charge is 2.08. The van der Waals surface area contributed by atoms with Crippen LogP contribution in [-0.4, -0.2) is 35.5 Å². The Morgan fingerprint density at radius 1 is 1.39 bits per heavy atom. The van der Waals surface area contributed by atoms with Crippen molar-refractivity contribution >= 4 is 17.7 Å². The molecule has 1 unspecified atom stereocenters. The van der Waals surface area contributed by atoms with Crippen LogP contribution in [0.1, 0.15) is 20.3 Å². The lowest BCUT2D eigenvalue weighted by Crippen LogP contribution is -2.08. The Kier molecular flexibility index (Phi) is 4.08. The average molecular weight is 265 g/mol. The van der Waals surface area contributed by atoms with Crippen molar-refractivity contribution < 1.29 is 0 Å². The highest BCUT2D eigenvalue weighted by atomic mass is 32.2. The standard InChI is InChI=1S/C10H15N7S/c1-3-7(2)4-18-10-15-8(11)14-9(16-10)17-6-12-5-13-17/h5-7H,3-4H2,1-2H3,(H2,11,14,15,16). The van der Waals surface area contributed by atoms with Crippen molar-refractivity contribution in [1.82, 2.24) is 29.7 Å². The molecule has 0 saturated heterocycles. The monoisotopic (exact) mass is 265 g/mol. The smallest absolute Gasteiger partial charge is 0.257 e. The van der Waals surface area contributed by atoms with E-state index in [0.717, 1.165) is 12.2 Å². The van der Waals surface area contributed by atoms with Gasteiger partial charge in [-0.1, -0.05) is 32.0 Å². The average Bonchev–Trinajstić information content (AvgIpc) is 2.89. The maximum absolute atomic E-state index is 5.67. The van der Waals surface area contributed by atoms with Crippen LogP contribution in [0.4, 0.5) is 5.95 Å². The van der Waals surface area contributed by atoms with Crippen molar-refractivity contribution in [2.24, 2.45) is 5.92 Å².